The minimum Gasteiger partial charge on any atom is -0.453 e. The highest BCUT2D eigenvalue weighted by Gasteiger charge is 2.10. The molecule has 0 bridgehead atoms. The minimum atomic E-state index is -0.596. The maximum Gasteiger partial charge on any atom is 0.166 e. The van der Waals surface area contributed by atoms with E-state index in [-0.39, 0.29) is 10.7 Å². The molecule has 98 valence electrons. The van der Waals surface area contributed by atoms with Crippen molar-refractivity contribution in [2.24, 2.45) is 5.73 Å². The highest BCUT2D eigenvalue weighted by molar-refractivity contribution is 9.10. The van der Waals surface area contributed by atoms with Crippen LogP contribution in [0.25, 0.3) is 0 Å². The molecular formula is C13H8BrF2NOS. The predicted octanol–water partition coefficient (Wildman–Crippen LogP) is 4.15. The van der Waals surface area contributed by atoms with Crippen LogP contribution in [0.15, 0.2) is 40.9 Å². The lowest BCUT2D eigenvalue weighted by molar-refractivity contribution is 0.438. The number of ether oxygens (including phenoxy) is 1. The molecule has 0 fully saturated rings. The van der Waals surface area contributed by atoms with E-state index in [0.29, 0.717) is 15.8 Å². The molecule has 2 nitrogen and oxygen atoms in total. The van der Waals surface area contributed by atoms with Gasteiger partial charge in [-0.15, -0.1) is 0 Å². The summed E-state index contributed by atoms with van der Waals surface area (Å²) in [7, 11) is 0. The molecule has 0 spiro atoms. The lowest BCUT2D eigenvalue weighted by atomic mass is 10.2. The molecule has 0 atom stereocenters. The lowest BCUT2D eigenvalue weighted by Crippen LogP contribution is -2.09. The summed E-state index contributed by atoms with van der Waals surface area (Å²) in [5.41, 5.74) is 5.82. The SMILES string of the molecule is NC(=S)c1ccc(Oc2ccc(F)cc2Br)c(F)c1. The van der Waals surface area contributed by atoms with E-state index >= 15 is 0 Å². The van der Waals surface area contributed by atoms with Crippen LogP contribution in [0.2, 0.25) is 0 Å². The van der Waals surface area contributed by atoms with Crippen LogP contribution in [0.4, 0.5) is 8.78 Å². The third-order valence-corrected chi connectivity index (χ3v) is 3.19. The zero-order valence-corrected chi connectivity index (χ0v) is 11.9. The third kappa shape index (κ3) is 3.27. The number of hydrogen-bond acceptors (Lipinski definition) is 2. The Kier molecular flexibility index (Phi) is 4.11. The summed E-state index contributed by atoms with van der Waals surface area (Å²) in [6.45, 7) is 0. The van der Waals surface area contributed by atoms with Gasteiger partial charge in [0.1, 0.15) is 16.6 Å². The second kappa shape index (κ2) is 5.63. The third-order valence-electron chi connectivity index (χ3n) is 2.33. The Morgan fingerprint density at radius 2 is 1.79 bits per heavy atom. The summed E-state index contributed by atoms with van der Waals surface area (Å²) in [4.78, 5) is 0.105. The zero-order chi connectivity index (χ0) is 14.0. The van der Waals surface area contributed by atoms with Crippen molar-refractivity contribution in [2.45, 2.75) is 0 Å². The van der Waals surface area contributed by atoms with E-state index in [4.69, 9.17) is 22.7 Å². The van der Waals surface area contributed by atoms with Gasteiger partial charge in [-0.1, -0.05) is 12.2 Å². The fraction of sp³-hybridized carbons (Fsp3) is 0. The van der Waals surface area contributed by atoms with Crippen LogP contribution in [0.1, 0.15) is 5.56 Å². The monoisotopic (exact) mass is 343 g/mol. The second-order valence-corrected chi connectivity index (χ2v) is 4.98. The summed E-state index contributed by atoms with van der Waals surface area (Å²) in [5.74, 6) is -0.694. The van der Waals surface area contributed by atoms with Gasteiger partial charge in [-0.05, 0) is 52.3 Å². The molecule has 2 rings (SSSR count). The normalized spacial score (nSPS) is 10.3. The first-order valence-corrected chi connectivity index (χ1v) is 6.40. The molecule has 0 unspecified atom stereocenters. The molecule has 0 saturated heterocycles. The quantitative estimate of drug-likeness (QED) is 0.850. The van der Waals surface area contributed by atoms with E-state index in [0.717, 1.165) is 0 Å². The molecule has 0 radical (unpaired) electrons. The van der Waals surface area contributed by atoms with Crippen molar-refractivity contribution in [1.82, 2.24) is 0 Å². The number of thiocarbonyl (C=S) groups is 1. The van der Waals surface area contributed by atoms with E-state index in [1.165, 1.54) is 30.3 Å². The number of nitrogens with two attached hydrogens (primary N) is 1. The van der Waals surface area contributed by atoms with Crippen molar-refractivity contribution in [1.29, 1.82) is 0 Å². The van der Waals surface area contributed by atoms with Crippen LogP contribution >= 0.6 is 28.1 Å². The van der Waals surface area contributed by atoms with E-state index in [1.807, 2.05) is 0 Å². The summed E-state index contributed by atoms with van der Waals surface area (Å²) >= 11 is 7.89. The van der Waals surface area contributed by atoms with Crippen LogP contribution < -0.4 is 10.5 Å². The summed E-state index contributed by atoms with van der Waals surface area (Å²) < 4.78 is 32.4. The topological polar surface area (TPSA) is 35.2 Å². The molecule has 0 aliphatic carbocycles. The van der Waals surface area contributed by atoms with Gasteiger partial charge in [0.25, 0.3) is 0 Å². The van der Waals surface area contributed by atoms with Gasteiger partial charge in [0.05, 0.1) is 4.47 Å². The van der Waals surface area contributed by atoms with Crippen LogP contribution in [-0.4, -0.2) is 4.99 Å². The molecule has 0 aliphatic heterocycles. The maximum absolute atomic E-state index is 13.8. The molecule has 19 heavy (non-hydrogen) atoms. The van der Waals surface area contributed by atoms with Crippen LogP contribution in [0, 0.1) is 11.6 Å². The van der Waals surface area contributed by atoms with Crippen molar-refractivity contribution in [3.8, 4) is 11.5 Å². The molecular weight excluding hydrogens is 336 g/mol. The Balaban J connectivity index is 2.31. The molecule has 2 aromatic carbocycles. The molecule has 2 N–H and O–H groups in total. The van der Waals surface area contributed by atoms with Gasteiger partial charge >= 0.3 is 0 Å². The molecule has 6 heteroatoms. The molecule has 0 aromatic heterocycles. The van der Waals surface area contributed by atoms with Crippen molar-refractivity contribution < 1.29 is 13.5 Å². The predicted molar refractivity (Wildman–Crippen MR) is 76.5 cm³/mol. The van der Waals surface area contributed by atoms with Crippen molar-refractivity contribution in [3.05, 3.63) is 58.1 Å². The number of halogens is 3. The Labute approximate surface area is 122 Å². The molecule has 0 aliphatic rings. The number of rotatable bonds is 3. The minimum absolute atomic E-state index is 0.00677. The van der Waals surface area contributed by atoms with Gasteiger partial charge in [0.2, 0.25) is 0 Å². The van der Waals surface area contributed by atoms with Gasteiger partial charge in [0, 0.05) is 5.56 Å². The highest BCUT2D eigenvalue weighted by Crippen LogP contribution is 2.31. The summed E-state index contributed by atoms with van der Waals surface area (Å²) in [6, 6.07) is 8.02. The first kappa shape index (κ1) is 13.9. The summed E-state index contributed by atoms with van der Waals surface area (Å²) in [5, 5.41) is 0. The Morgan fingerprint density at radius 3 is 2.37 bits per heavy atom. The van der Waals surface area contributed by atoms with E-state index in [9.17, 15) is 8.78 Å². The lowest BCUT2D eigenvalue weighted by Gasteiger charge is -2.09. The molecule has 0 saturated carbocycles. The molecule has 0 amide bonds. The van der Waals surface area contributed by atoms with Crippen molar-refractivity contribution >= 4 is 33.1 Å². The largest absolute Gasteiger partial charge is 0.453 e. The number of hydrogen-bond donors (Lipinski definition) is 1. The molecule has 0 heterocycles. The maximum atomic E-state index is 13.8. The summed E-state index contributed by atoms with van der Waals surface area (Å²) in [6.07, 6.45) is 0. The van der Waals surface area contributed by atoms with Crippen LogP contribution in [0.3, 0.4) is 0 Å². The van der Waals surface area contributed by atoms with E-state index < -0.39 is 11.6 Å². The van der Waals surface area contributed by atoms with E-state index in [2.05, 4.69) is 15.9 Å². The van der Waals surface area contributed by atoms with Crippen LogP contribution in [0.5, 0.6) is 11.5 Å². The smallest absolute Gasteiger partial charge is 0.166 e. The highest BCUT2D eigenvalue weighted by atomic mass is 79.9. The fourth-order valence-electron chi connectivity index (χ4n) is 1.41. The average Bonchev–Trinajstić information content (AvgIpc) is 2.34. The van der Waals surface area contributed by atoms with Gasteiger partial charge in [-0.3, -0.25) is 0 Å². The van der Waals surface area contributed by atoms with Crippen LogP contribution in [-0.2, 0) is 0 Å². The second-order valence-electron chi connectivity index (χ2n) is 3.69. The zero-order valence-electron chi connectivity index (χ0n) is 9.49. The van der Waals surface area contributed by atoms with Gasteiger partial charge in [-0.2, -0.15) is 0 Å². The van der Waals surface area contributed by atoms with Crippen molar-refractivity contribution in [3.63, 3.8) is 0 Å². The first-order chi connectivity index (χ1) is 8.97. The molecule has 2 aromatic rings. The standard InChI is InChI=1S/C13H8BrF2NOS/c14-9-6-8(15)2-4-11(9)18-12-3-1-7(13(17)19)5-10(12)16/h1-6H,(H2,17,19). The Hall–Kier alpha value is -1.53. The fourth-order valence-corrected chi connectivity index (χ4v) is 1.97. The van der Waals surface area contributed by atoms with E-state index in [1.54, 1.807) is 6.07 Å². The number of benzene rings is 2. The van der Waals surface area contributed by atoms with Gasteiger partial charge < -0.3 is 10.5 Å². The Bertz CT molecular complexity index is 649. The average molecular weight is 344 g/mol. The van der Waals surface area contributed by atoms with Crippen molar-refractivity contribution in [2.75, 3.05) is 0 Å². The van der Waals surface area contributed by atoms with Gasteiger partial charge in [0.15, 0.2) is 11.6 Å². The Morgan fingerprint density at radius 1 is 1.11 bits per heavy atom. The first-order valence-electron chi connectivity index (χ1n) is 5.19. The van der Waals surface area contributed by atoms with Gasteiger partial charge in [-0.25, -0.2) is 8.78 Å².